The number of nitrogens with zero attached hydrogens (tertiary/aromatic N) is 2. The van der Waals surface area contributed by atoms with Crippen LogP contribution in [0.15, 0.2) is 42.5 Å². The van der Waals surface area contributed by atoms with Crippen LogP contribution in [0.4, 0.5) is 5.69 Å². The molecule has 1 saturated heterocycles. The van der Waals surface area contributed by atoms with Crippen LogP contribution in [0.3, 0.4) is 0 Å². The molecule has 2 aromatic rings. The number of benzene rings is 2. The van der Waals surface area contributed by atoms with Gasteiger partial charge in [0.05, 0.1) is 11.1 Å². The van der Waals surface area contributed by atoms with E-state index >= 15 is 0 Å². The van der Waals surface area contributed by atoms with E-state index in [0.717, 1.165) is 30.2 Å². The van der Waals surface area contributed by atoms with E-state index in [0.29, 0.717) is 30.0 Å². The molecule has 0 aromatic heterocycles. The number of nitrogens with one attached hydrogen (secondary N) is 1. The van der Waals surface area contributed by atoms with Crippen molar-refractivity contribution < 1.29 is 14.4 Å². The first-order chi connectivity index (χ1) is 14.9. The van der Waals surface area contributed by atoms with Crippen LogP contribution in [0, 0.1) is 12.8 Å². The average Bonchev–Trinajstić information content (AvgIpc) is 3.33. The van der Waals surface area contributed by atoms with Gasteiger partial charge >= 0.3 is 0 Å². The first kappa shape index (κ1) is 21.4. The maximum atomic E-state index is 12.4. The van der Waals surface area contributed by atoms with Gasteiger partial charge in [-0.3, -0.25) is 19.3 Å². The Bertz CT molecular complexity index is 988. The quantitative estimate of drug-likeness (QED) is 0.668. The fraction of sp³-hybridized carbons (Fsp3) is 0.375. The Balaban J connectivity index is 1.20. The van der Waals surface area contributed by atoms with E-state index in [-0.39, 0.29) is 30.7 Å². The second-order valence-corrected chi connectivity index (χ2v) is 8.68. The summed E-state index contributed by atoms with van der Waals surface area (Å²) in [6, 6.07) is 12.8. The second kappa shape index (κ2) is 9.10. The summed E-state index contributed by atoms with van der Waals surface area (Å²) in [7, 11) is 0. The summed E-state index contributed by atoms with van der Waals surface area (Å²) in [6.45, 7) is 4.79. The molecule has 0 aliphatic carbocycles. The van der Waals surface area contributed by atoms with E-state index in [1.807, 2.05) is 18.2 Å². The van der Waals surface area contributed by atoms with Crippen molar-refractivity contribution in [2.45, 2.75) is 26.2 Å². The molecule has 0 saturated carbocycles. The van der Waals surface area contributed by atoms with E-state index in [2.05, 4.69) is 17.1 Å². The van der Waals surface area contributed by atoms with E-state index in [9.17, 15) is 14.4 Å². The van der Waals surface area contributed by atoms with Crippen molar-refractivity contribution in [3.63, 3.8) is 0 Å². The maximum absolute atomic E-state index is 12.4. The van der Waals surface area contributed by atoms with Gasteiger partial charge < -0.3 is 10.2 Å². The van der Waals surface area contributed by atoms with E-state index in [1.54, 1.807) is 24.3 Å². The molecule has 7 heteroatoms. The third-order valence-corrected chi connectivity index (χ3v) is 6.28. The Morgan fingerprint density at radius 2 is 1.84 bits per heavy atom. The average molecular weight is 440 g/mol. The van der Waals surface area contributed by atoms with Crippen LogP contribution in [-0.2, 0) is 4.79 Å². The van der Waals surface area contributed by atoms with Gasteiger partial charge in [-0.15, -0.1) is 0 Å². The van der Waals surface area contributed by atoms with Crippen molar-refractivity contribution in [1.82, 2.24) is 10.2 Å². The van der Waals surface area contributed by atoms with Gasteiger partial charge in [0.15, 0.2) is 0 Å². The van der Waals surface area contributed by atoms with E-state index < -0.39 is 0 Å². The standard InChI is InChI=1S/C24H26ClN3O3/c1-16-8-9-18(25)13-21(16)27-12-10-17(15-27)14-26-22(29)7-4-11-28-23(30)19-5-2-3-6-20(19)24(28)31/h2-3,5-6,8-9,13,17H,4,7,10-12,14-15H2,1H3,(H,26,29). The summed E-state index contributed by atoms with van der Waals surface area (Å²) in [4.78, 5) is 40.6. The number of imide groups is 1. The van der Waals surface area contributed by atoms with Gasteiger partial charge in [0.25, 0.3) is 11.8 Å². The largest absolute Gasteiger partial charge is 0.371 e. The van der Waals surface area contributed by atoms with Crippen molar-refractivity contribution >= 4 is 35.0 Å². The fourth-order valence-corrected chi connectivity index (χ4v) is 4.49. The number of anilines is 1. The maximum Gasteiger partial charge on any atom is 0.261 e. The number of rotatable bonds is 7. The lowest BCUT2D eigenvalue weighted by Gasteiger charge is -2.21. The minimum atomic E-state index is -0.275. The highest BCUT2D eigenvalue weighted by Crippen LogP contribution is 2.29. The number of hydrogen-bond donors (Lipinski definition) is 1. The first-order valence-corrected chi connectivity index (χ1v) is 11.0. The molecule has 2 heterocycles. The molecule has 4 rings (SSSR count). The van der Waals surface area contributed by atoms with Gasteiger partial charge in [-0.2, -0.15) is 0 Å². The predicted octanol–water partition coefficient (Wildman–Crippen LogP) is 3.67. The number of amides is 3. The third-order valence-electron chi connectivity index (χ3n) is 6.05. The normalized spacial score (nSPS) is 17.9. The van der Waals surface area contributed by atoms with Crippen molar-refractivity contribution in [3.05, 3.63) is 64.2 Å². The van der Waals surface area contributed by atoms with Crippen molar-refractivity contribution in [2.75, 3.05) is 31.1 Å². The molecule has 1 fully saturated rings. The van der Waals surface area contributed by atoms with Gasteiger partial charge in [-0.1, -0.05) is 29.8 Å². The second-order valence-electron chi connectivity index (χ2n) is 8.25. The zero-order valence-electron chi connectivity index (χ0n) is 17.6. The van der Waals surface area contributed by atoms with Gasteiger partial charge in [0.1, 0.15) is 0 Å². The smallest absolute Gasteiger partial charge is 0.261 e. The lowest BCUT2D eigenvalue weighted by atomic mass is 10.1. The Labute approximate surface area is 187 Å². The Morgan fingerprint density at radius 3 is 2.55 bits per heavy atom. The Hall–Kier alpha value is -2.86. The molecule has 31 heavy (non-hydrogen) atoms. The highest BCUT2D eigenvalue weighted by Gasteiger charge is 2.34. The van der Waals surface area contributed by atoms with Crippen molar-refractivity contribution in [2.24, 2.45) is 5.92 Å². The molecular formula is C24H26ClN3O3. The third kappa shape index (κ3) is 4.59. The Kier molecular flexibility index (Phi) is 6.28. The van der Waals surface area contributed by atoms with Crippen LogP contribution < -0.4 is 10.2 Å². The molecule has 1 unspecified atom stereocenters. The minimum Gasteiger partial charge on any atom is -0.371 e. The minimum absolute atomic E-state index is 0.0472. The Morgan fingerprint density at radius 1 is 1.13 bits per heavy atom. The molecule has 0 radical (unpaired) electrons. The number of hydrogen-bond acceptors (Lipinski definition) is 4. The molecule has 0 spiro atoms. The van der Waals surface area contributed by atoms with Gasteiger partial charge in [0.2, 0.25) is 5.91 Å². The summed E-state index contributed by atoms with van der Waals surface area (Å²) >= 11 is 6.15. The zero-order valence-corrected chi connectivity index (χ0v) is 18.3. The number of carbonyl (C=O) groups is 3. The number of carbonyl (C=O) groups excluding carboxylic acids is 3. The van der Waals surface area contributed by atoms with Crippen LogP contribution in [0.2, 0.25) is 5.02 Å². The zero-order chi connectivity index (χ0) is 22.0. The fourth-order valence-electron chi connectivity index (χ4n) is 4.33. The monoisotopic (exact) mass is 439 g/mol. The highest BCUT2D eigenvalue weighted by atomic mass is 35.5. The first-order valence-electron chi connectivity index (χ1n) is 10.7. The molecule has 2 aliphatic rings. The summed E-state index contributed by atoms with van der Waals surface area (Å²) in [5.41, 5.74) is 3.24. The van der Waals surface area contributed by atoms with Crippen LogP contribution in [0.25, 0.3) is 0 Å². The van der Waals surface area contributed by atoms with Crippen LogP contribution >= 0.6 is 11.6 Å². The van der Waals surface area contributed by atoms with Crippen LogP contribution in [-0.4, -0.2) is 48.8 Å². The summed E-state index contributed by atoms with van der Waals surface area (Å²) < 4.78 is 0. The summed E-state index contributed by atoms with van der Waals surface area (Å²) in [5.74, 6) is -0.209. The molecule has 3 amide bonds. The van der Waals surface area contributed by atoms with Crippen LogP contribution in [0.5, 0.6) is 0 Å². The molecule has 162 valence electrons. The van der Waals surface area contributed by atoms with E-state index in [4.69, 9.17) is 11.6 Å². The lowest BCUT2D eigenvalue weighted by Crippen LogP contribution is -2.33. The predicted molar refractivity (Wildman–Crippen MR) is 121 cm³/mol. The van der Waals surface area contributed by atoms with Gasteiger partial charge in [-0.25, -0.2) is 0 Å². The lowest BCUT2D eigenvalue weighted by molar-refractivity contribution is -0.121. The highest BCUT2D eigenvalue weighted by molar-refractivity contribution is 6.30. The van der Waals surface area contributed by atoms with Gasteiger partial charge in [-0.05, 0) is 55.5 Å². The SMILES string of the molecule is Cc1ccc(Cl)cc1N1CCC(CNC(=O)CCCN2C(=O)c3ccccc3C2=O)C1. The molecule has 1 N–H and O–H groups in total. The molecular weight excluding hydrogens is 414 g/mol. The number of halogens is 1. The van der Waals surface area contributed by atoms with Gasteiger partial charge in [0, 0.05) is 43.3 Å². The molecule has 2 aliphatic heterocycles. The summed E-state index contributed by atoms with van der Waals surface area (Å²) in [5, 5.41) is 3.74. The van der Waals surface area contributed by atoms with Crippen LogP contribution in [0.1, 0.15) is 45.5 Å². The molecule has 1 atom stereocenters. The number of fused-ring (bicyclic) bond motifs is 1. The van der Waals surface area contributed by atoms with Crippen molar-refractivity contribution in [3.8, 4) is 0 Å². The molecule has 6 nitrogen and oxygen atoms in total. The topological polar surface area (TPSA) is 69.7 Å². The molecule has 2 aromatic carbocycles. The van der Waals surface area contributed by atoms with Crippen molar-refractivity contribution in [1.29, 1.82) is 0 Å². The molecule has 0 bridgehead atoms. The summed E-state index contributed by atoms with van der Waals surface area (Å²) in [6.07, 6.45) is 1.76. The number of aryl methyl sites for hydroxylation is 1. The van der Waals surface area contributed by atoms with E-state index in [1.165, 1.54) is 10.5 Å².